The number of hydrogen-bond donors (Lipinski definition) is 4. The SMILES string of the molecule is Cc1ccc2cc1CCCNC(=O)CN(C(=O)CCSc1nnc(-c3ccncc3)n1C)C[C@@H](C)NC(=O)[C@H]([C@@H](C)O)NC2=O. The lowest BCUT2D eigenvalue weighted by Gasteiger charge is -2.28. The summed E-state index contributed by atoms with van der Waals surface area (Å²) in [6.07, 6.45) is 3.56. The van der Waals surface area contributed by atoms with Crippen LogP contribution in [-0.2, 0) is 27.9 Å². The van der Waals surface area contributed by atoms with Crippen molar-refractivity contribution < 1.29 is 24.3 Å². The molecule has 4 N–H and O–H groups in total. The molecule has 0 saturated heterocycles. The van der Waals surface area contributed by atoms with Gasteiger partial charge in [0.05, 0.1) is 12.6 Å². The van der Waals surface area contributed by atoms with Crippen LogP contribution in [0.4, 0.5) is 0 Å². The quantitative estimate of drug-likeness (QED) is 0.291. The molecule has 2 bridgehead atoms. The minimum absolute atomic E-state index is 0.0548. The van der Waals surface area contributed by atoms with Gasteiger partial charge in [0.2, 0.25) is 17.7 Å². The van der Waals surface area contributed by atoms with Crippen molar-refractivity contribution in [1.82, 2.24) is 40.6 Å². The summed E-state index contributed by atoms with van der Waals surface area (Å²) in [5.74, 6) is -0.569. The summed E-state index contributed by atoms with van der Waals surface area (Å²) >= 11 is 1.38. The third kappa shape index (κ3) is 9.11. The van der Waals surface area contributed by atoms with E-state index >= 15 is 0 Å². The van der Waals surface area contributed by atoms with E-state index in [0.717, 1.165) is 16.7 Å². The molecule has 1 aromatic carbocycles. The van der Waals surface area contributed by atoms with Crippen molar-refractivity contribution in [3.63, 3.8) is 0 Å². The highest BCUT2D eigenvalue weighted by molar-refractivity contribution is 7.99. The number of thioether (sulfide) groups is 1. The first-order valence-electron chi connectivity index (χ1n) is 14.9. The Labute approximate surface area is 266 Å². The largest absolute Gasteiger partial charge is 0.391 e. The molecule has 3 atom stereocenters. The molecule has 1 aliphatic heterocycles. The number of hydrogen-bond acceptors (Lipinski definition) is 9. The fraction of sp³-hybridized carbons (Fsp3) is 0.452. The van der Waals surface area contributed by atoms with Crippen molar-refractivity contribution in [2.45, 2.75) is 63.4 Å². The molecule has 0 unspecified atom stereocenters. The molecule has 3 heterocycles. The average Bonchev–Trinajstić information content (AvgIpc) is 3.37. The fourth-order valence-electron chi connectivity index (χ4n) is 4.99. The number of aryl methyl sites for hydroxylation is 2. The van der Waals surface area contributed by atoms with Crippen LogP contribution in [0.25, 0.3) is 11.4 Å². The molecule has 0 spiro atoms. The highest BCUT2D eigenvalue weighted by atomic mass is 32.2. The van der Waals surface area contributed by atoms with Crippen LogP contribution in [0.3, 0.4) is 0 Å². The van der Waals surface area contributed by atoms with Crippen molar-refractivity contribution in [2.24, 2.45) is 7.05 Å². The molecule has 1 aliphatic rings. The van der Waals surface area contributed by atoms with E-state index in [4.69, 9.17) is 0 Å². The third-order valence-electron chi connectivity index (χ3n) is 7.50. The molecule has 0 fully saturated rings. The standard InChI is InChI=1S/C31H40N8O5S/c1-19-7-8-24-16-23(19)6-5-12-33-25(41)18-39(17-20(2)34-30(44)27(21(3)40)35-29(24)43)26(42)11-15-45-31-37-36-28(38(31)4)22-9-13-32-14-10-22/h7-10,13-14,16,20-21,27,40H,5-6,11-12,15,17-18H2,1-4H3,(H,33,41)(H,34,44)(H,35,43)/t20-,21-,27+/m1/s1. The van der Waals surface area contributed by atoms with E-state index in [1.165, 1.54) is 23.6 Å². The van der Waals surface area contributed by atoms with Crippen LogP contribution in [0.15, 0.2) is 47.9 Å². The number of aliphatic hydroxyl groups excluding tert-OH is 1. The van der Waals surface area contributed by atoms with E-state index in [1.54, 1.807) is 31.5 Å². The Morgan fingerprint density at radius 2 is 1.87 bits per heavy atom. The van der Waals surface area contributed by atoms with E-state index in [0.29, 0.717) is 41.7 Å². The summed E-state index contributed by atoms with van der Waals surface area (Å²) in [7, 11) is 1.85. The molecule has 13 nitrogen and oxygen atoms in total. The van der Waals surface area contributed by atoms with Crippen LogP contribution in [0, 0.1) is 6.92 Å². The predicted molar refractivity (Wildman–Crippen MR) is 169 cm³/mol. The topological polar surface area (TPSA) is 171 Å². The van der Waals surface area contributed by atoms with Gasteiger partial charge in [0, 0.05) is 61.9 Å². The highest BCUT2D eigenvalue weighted by Crippen LogP contribution is 2.23. The maximum Gasteiger partial charge on any atom is 0.252 e. The zero-order chi connectivity index (χ0) is 32.5. The predicted octanol–water partition coefficient (Wildman–Crippen LogP) is 1.24. The van der Waals surface area contributed by atoms with Gasteiger partial charge in [-0.2, -0.15) is 0 Å². The zero-order valence-electron chi connectivity index (χ0n) is 25.9. The van der Waals surface area contributed by atoms with Gasteiger partial charge in [0.25, 0.3) is 5.91 Å². The summed E-state index contributed by atoms with van der Waals surface area (Å²) in [4.78, 5) is 57.9. The molecule has 45 heavy (non-hydrogen) atoms. The molecule has 14 heteroatoms. The van der Waals surface area contributed by atoms with Gasteiger partial charge < -0.3 is 30.5 Å². The van der Waals surface area contributed by atoms with Gasteiger partial charge >= 0.3 is 0 Å². The Balaban J connectivity index is 1.45. The average molecular weight is 637 g/mol. The van der Waals surface area contributed by atoms with Gasteiger partial charge in [0.1, 0.15) is 6.04 Å². The van der Waals surface area contributed by atoms with Crippen LogP contribution >= 0.6 is 11.8 Å². The van der Waals surface area contributed by atoms with E-state index in [-0.39, 0.29) is 31.3 Å². The number of nitrogens with zero attached hydrogens (tertiary/aromatic N) is 5. The number of amides is 4. The molecular formula is C31H40N8O5S. The molecule has 0 saturated carbocycles. The number of carbonyl (C=O) groups excluding carboxylic acids is 4. The maximum absolute atomic E-state index is 13.4. The van der Waals surface area contributed by atoms with Gasteiger partial charge in [0.15, 0.2) is 11.0 Å². The number of aromatic nitrogens is 4. The van der Waals surface area contributed by atoms with Crippen LogP contribution in [0.5, 0.6) is 0 Å². The minimum Gasteiger partial charge on any atom is -0.391 e. The lowest BCUT2D eigenvalue weighted by molar-refractivity contribution is -0.136. The second kappa shape index (κ2) is 15.6. The number of benzene rings is 1. The third-order valence-corrected chi connectivity index (χ3v) is 8.52. The van der Waals surface area contributed by atoms with Gasteiger partial charge in [-0.3, -0.25) is 24.2 Å². The van der Waals surface area contributed by atoms with Crippen molar-refractivity contribution in [3.05, 3.63) is 59.4 Å². The zero-order valence-corrected chi connectivity index (χ0v) is 26.8. The Morgan fingerprint density at radius 1 is 1.11 bits per heavy atom. The first-order chi connectivity index (χ1) is 21.5. The number of fused-ring (bicyclic) bond motifs is 2. The number of pyridine rings is 1. The Kier molecular flexibility index (Phi) is 11.7. The molecule has 4 amide bonds. The second-order valence-corrected chi connectivity index (χ2v) is 12.2. The summed E-state index contributed by atoms with van der Waals surface area (Å²) in [6.45, 7) is 5.34. The van der Waals surface area contributed by atoms with Gasteiger partial charge in [-0.1, -0.05) is 17.8 Å². The van der Waals surface area contributed by atoms with Crippen LogP contribution < -0.4 is 16.0 Å². The van der Waals surface area contributed by atoms with Crippen molar-refractivity contribution in [3.8, 4) is 11.4 Å². The minimum atomic E-state index is -1.22. The van der Waals surface area contributed by atoms with Crippen LogP contribution in [-0.4, -0.2) is 97.0 Å². The van der Waals surface area contributed by atoms with Crippen LogP contribution in [0.2, 0.25) is 0 Å². The number of rotatable bonds is 6. The fourth-order valence-corrected chi connectivity index (χ4v) is 5.83. The summed E-state index contributed by atoms with van der Waals surface area (Å²) in [6, 6.07) is 7.17. The van der Waals surface area contributed by atoms with Crippen molar-refractivity contribution in [2.75, 3.05) is 25.4 Å². The van der Waals surface area contributed by atoms with Gasteiger partial charge in [-0.15, -0.1) is 10.2 Å². The number of nitrogens with one attached hydrogen (secondary N) is 3. The second-order valence-electron chi connectivity index (χ2n) is 11.2. The Hall–Kier alpha value is -4.30. The Morgan fingerprint density at radius 3 is 2.60 bits per heavy atom. The lowest BCUT2D eigenvalue weighted by Crippen LogP contribution is -2.56. The van der Waals surface area contributed by atoms with E-state index in [9.17, 15) is 24.3 Å². The lowest BCUT2D eigenvalue weighted by atomic mass is 10.00. The molecule has 2 aromatic heterocycles. The first kappa shape index (κ1) is 33.6. The molecule has 4 rings (SSSR count). The first-order valence-corrected chi connectivity index (χ1v) is 15.9. The number of aliphatic hydroxyl groups is 1. The van der Waals surface area contributed by atoms with E-state index < -0.39 is 30.0 Å². The number of carbonyl (C=O) groups is 4. The summed E-state index contributed by atoms with van der Waals surface area (Å²) < 4.78 is 1.85. The molecule has 0 aliphatic carbocycles. The smallest absolute Gasteiger partial charge is 0.252 e. The van der Waals surface area contributed by atoms with Gasteiger partial charge in [-0.05, 0) is 69.0 Å². The monoisotopic (exact) mass is 636 g/mol. The van der Waals surface area contributed by atoms with Crippen molar-refractivity contribution >= 4 is 35.4 Å². The van der Waals surface area contributed by atoms with Crippen LogP contribution in [0.1, 0.15) is 48.2 Å². The van der Waals surface area contributed by atoms with Crippen molar-refractivity contribution in [1.29, 1.82) is 0 Å². The molecule has 0 radical (unpaired) electrons. The molecule has 240 valence electrons. The Bertz CT molecular complexity index is 1510. The summed E-state index contributed by atoms with van der Waals surface area (Å²) in [5, 5.41) is 27.8. The van der Waals surface area contributed by atoms with Gasteiger partial charge in [-0.25, -0.2) is 0 Å². The highest BCUT2D eigenvalue weighted by Gasteiger charge is 2.29. The van der Waals surface area contributed by atoms with E-state index in [1.807, 2.05) is 36.7 Å². The normalized spacial score (nSPS) is 19.2. The van der Waals surface area contributed by atoms with E-state index in [2.05, 4.69) is 31.1 Å². The molecule has 3 aromatic rings. The maximum atomic E-state index is 13.4. The molecular weight excluding hydrogens is 596 g/mol. The summed E-state index contributed by atoms with van der Waals surface area (Å²) in [5.41, 5.74) is 3.19.